The number of halogens is 3. The molecule has 1 N–H and O–H groups in total. The predicted octanol–water partition coefficient (Wildman–Crippen LogP) is 2.89. The highest BCUT2D eigenvalue weighted by Crippen LogP contribution is 2.32. The Kier molecular flexibility index (Phi) is 4.85. The first-order valence-corrected chi connectivity index (χ1v) is 8.05. The van der Waals surface area contributed by atoms with Crippen molar-refractivity contribution in [1.29, 1.82) is 0 Å². The van der Waals surface area contributed by atoms with Gasteiger partial charge in [0.2, 0.25) is 5.91 Å². The maximum Gasteiger partial charge on any atom is 0.435 e. The van der Waals surface area contributed by atoms with Crippen molar-refractivity contribution in [2.75, 3.05) is 19.3 Å². The monoisotopic (exact) mass is 321 g/mol. The van der Waals surface area contributed by atoms with Crippen LogP contribution in [-0.4, -0.2) is 45.6 Å². The molecule has 8 heteroatoms. The molecule has 21 heavy (non-hydrogen) atoms. The highest BCUT2D eigenvalue weighted by atomic mass is 32.2. The third-order valence-corrected chi connectivity index (χ3v) is 4.67. The number of nitrogens with one attached hydrogen (secondary N) is 1. The van der Waals surface area contributed by atoms with E-state index in [0.29, 0.717) is 18.8 Å². The molecule has 1 aromatic rings. The lowest BCUT2D eigenvalue weighted by Gasteiger charge is -2.33. The summed E-state index contributed by atoms with van der Waals surface area (Å²) in [5.41, 5.74) is -0.449. The van der Waals surface area contributed by atoms with Gasteiger partial charge >= 0.3 is 6.18 Å². The number of amides is 1. The van der Waals surface area contributed by atoms with Crippen LogP contribution >= 0.6 is 11.8 Å². The number of rotatable bonds is 3. The van der Waals surface area contributed by atoms with Crippen LogP contribution in [0.3, 0.4) is 0 Å². The second-order valence-corrected chi connectivity index (χ2v) is 6.39. The molecular weight excluding hydrogens is 303 g/mol. The lowest BCUT2D eigenvalue weighted by Crippen LogP contribution is -2.42. The largest absolute Gasteiger partial charge is 0.435 e. The van der Waals surface area contributed by atoms with Crippen LogP contribution in [-0.2, 0) is 11.0 Å². The van der Waals surface area contributed by atoms with Crippen LogP contribution < -0.4 is 0 Å². The van der Waals surface area contributed by atoms with E-state index in [-0.39, 0.29) is 17.1 Å². The fraction of sp³-hybridized carbons (Fsp3) is 0.692. The van der Waals surface area contributed by atoms with Crippen molar-refractivity contribution in [2.45, 2.75) is 37.1 Å². The molecule has 118 valence electrons. The number of likely N-dealkylation sites (tertiary alicyclic amines) is 1. The number of carbonyl (C=O) groups excluding carboxylic acids is 1. The van der Waals surface area contributed by atoms with E-state index in [9.17, 15) is 18.0 Å². The van der Waals surface area contributed by atoms with Gasteiger partial charge in [0.25, 0.3) is 0 Å². The van der Waals surface area contributed by atoms with E-state index in [4.69, 9.17) is 0 Å². The molecule has 2 heterocycles. The summed E-state index contributed by atoms with van der Waals surface area (Å²) in [5.74, 6) is -0.0666. The zero-order valence-electron chi connectivity index (χ0n) is 11.9. The molecular formula is C13H18F3N3OS. The third kappa shape index (κ3) is 3.72. The minimum atomic E-state index is -4.44. The number of aromatic amines is 1. The average molecular weight is 321 g/mol. The summed E-state index contributed by atoms with van der Waals surface area (Å²) < 4.78 is 37.7. The van der Waals surface area contributed by atoms with Crippen molar-refractivity contribution < 1.29 is 18.0 Å². The average Bonchev–Trinajstić information content (AvgIpc) is 2.95. The molecule has 1 aromatic heterocycles. The van der Waals surface area contributed by atoms with Crippen molar-refractivity contribution in [3.63, 3.8) is 0 Å². The second-order valence-electron chi connectivity index (χ2n) is 5.21. The number of alkyl halides is 3. The molecule has 1 aliphatic heterocycles. The van der Waals surface area contributed by atoms with Crippen molar-refractivity contribution >= 4 is 17.7 Å². The van der Waals surface area contributed by atoms with Crippen LogP contribution in [0.2, 0.25) is 0 Å². The van der Waals surface area contributed by atoms with Gasteiger partial charge in [0.15, 0.2) is 5.69 Å². The van der Waals surface area contributed by atoms with Crippen molar-refractivity contribution in [2.24, 2.45) is 0 Å². The highest BCUT2D eigenvalue weighted by Gasteiger charge is 2.35. The van der Waals surface area contributed by atoms with E-state index in [1.165, 1.54) is 11.8 Å². The number of thioether (sulfide) groups is 1. The Bertz CT molecular complexity index is 503. The number of piperidine rings is 1. The summed E-state index contributed by atoms with van der Waals surface area (Å²) in [7, 11) is 0. The zero-order chi connectivity index (χ0) is 15.6. The Morgan fingerprint density at radius 2 is 2.29 bits per heavy atom. The lowest BCUT2D eigenvalue weighted by molar-refractivity contribution is -0.141. The Morgan fingerprint density at radius 3 is 2.86 bits per heavy atom. The molecule has 0 spiro atoms. The van der Waals surface area contributed by atoms with Crippen LogP contribution in [0.5, 0.6) is 0 Å². The molecule has 1 aliphatic rings. The number of carbonyl (C=O) groups is 1. The molecule has 1 fully saturated rings. The Morgan fingerprint density at radius 1 is 1.57 bits per heavy atom. The van der Waals surface area contributed by atoms with Crippen molar-refractivity contribution in [3.8, 4) is 0 Å². The molecule has 4 nitrogen and oxygen atoms in total. The normalized spacial score (nSPS) is 21.4. The topological polar surface area (TPSA) is 49.0 Å². The summed E-state index contributed by atoms with van der Waals surface area (Å²) in [6.45, 7) is 2.96. The molecule has 1 saturated heterocycles. The van der Waals surface area contributed by atoms with E-state index in [1.54, 1.807) is 4.90 Å². The minimum absolute atomic E-state index is 0.0442. The molecule has 0 unspecified atom stereocenters. The Hall–Kier alpha value is -1.18. The fourth-order valence-corrected chi connectivity index (χ4v) is 2.83. The van der Waals surface area contributed by atoms with Crippen molar-refractivity contribution in [1.82, 2.24) is 15.1 Å². The van der Waals surface area contributed by atoms with Gasteiger partial charge in [-0.3, -0.25) is 9.89 Å². The lowest BCUT2D eigenvalue weighted by atomic mass is 9.94. The number of aromatic nitrogens is 2. The summed E-state index contributed by atoms with van der Waals surface area (Å²) in [4.78, 5) is 13.9. The maximum atomic E-state index is 12.6. The first kappa shape index (κ1) is 16.2. The van der Waals surface area contributed by atoms with Gasteiger partial charge in [0.05, 0.1) is 5.25 Å². The second kappa shape index (κ2) is 6.29. The van der Waals surface area contributed by atoms with Crippen LogP contribution in [0.1, 0.15) is 37.1 Å². The summed E-state index contributed by atoms with van der Waals surface area (Å²) >= 11 is 1.47. The van der Waals surface area contributed by atoms with Crippen LogP contribution in [0.15, 0.2) is 6.07 Å². The van der Waals surface area contributed by atoms with Crippen LogP contribution in [0.25, 0.3) is 0 Å². The van der Waals surface area contributed by atoms with Gasteiger partial charge in [-0.1, -0.05) is 0 Å². The van der Waals surface area contributed by atoms with E-state index in [2.05, 4.69) is 10.2 Å². The summed E-state index contributed by atoms with van der Waals surface area (Å²) in [6.07, 6.45) is -1.02. The van der Waals surface area contributed by atoms with Crippen LogP contribution in [0.4, 0.5) is 13.2 Å². The molecule has 1 amide bonds. The predicted molar refractivity (Wildman–Crippen MR) is 75.1 cm³/mol. The third-order valence-electron chi connectivity index (χ3n) is 3.76. The van der Waals surface area contributed by atoms with Gasteiger partial charge in [0.1, 0.15) is 0 Å². The van der Waals surface area contributed by atoms with E-state index < -0.39 is 11.9 Å². The number of H-pyrrole nitrogens is 1. The fourth-order valence-electron chi connectivity index (χ4n) is 2.48. The van der Waals surface area contributed by atoms with Gasteiger partial charge in [-0.25, -0.2) is 0 Å². The molecule has 0 saturated carbocycles. The zero-order valence-corrected chi connectivity index (χ0v) is 12.7. The Balaban J connectivity index is 2.07. The molecule has 2 atom stereocenters. The summed E-state index contributed by atoms with van der Waals surface area (Å²) in [6, 6.07) is 1.05. The molecule has 0 aliphatic carbocycles. The van der Waals surface area contributed by atoms with E-state index >= 15 is 0 Å². The van der Waals surface area contributed by atoms with Gasteiger partial charge in [-0.15, -0.1) is 0 Å². The van der Waals surface area contributed by atoms with Gasteiger partial charge in [0, 0.05) is 24.7 Å². The summed E-state index contributed by atoms with van der Waals surface area (Å²) in [5, 5.41) is 5.67. The SMILES string of the molecule is CS[C@H](C)C(=O)N1CCC[C@H](c2cc(C(F)(F)F)n[nH]2)C1. The molecule has 2 rings (SSSR count). The Labute approximate surface area is 125 Å². The van der Waals surface area contributed by atoms with Gasteiger partial charge in [-0.05, 0) is 32.1 Å². The van der Waals surface area contributed by atoms with E-state index in [0.717, 1.165) is 18.9 Å². The number of hydrogen-bond acceptors (Lipinski definition) is 3. The van der Waals surface area contributed by atoms with Crippen molar-refractivity contribution in [3.05, 3.63) is 17.5 Å². The smallest absolute Gasteiger partial charge is 0.341 e. The number of hydrogen-bond donors (Lipinski definition) is 1. The standard InChI is InChI=1S/C13H18F3N3OS/c1-8(21-2)12(20)19-5-3-4-9(7-19)10-6-11(18-17-10)13(14,15)16/h6,8-9H,3-5,7H2,1-2H3,(H,17,18)/t8-,9+/m1/s1. The highest BCUT2D eigenvalue weighted by molar-refractivity contribution is 7.99. The molecule has 0 aromatic carbocycles. The first-order valence-electron chi connectivity index (χ1n) is 6.77. The number of nitrogens with zero attached hydrogens (tertiary/aromatic N) is 2. The minimum Gasteiger partial charge on any atom is -0.341 e. The van der Waals surface area contributed by atoms with Crippen LogP contribution in [0, 0.1) is 0 Å². The molecule has 0 radical (unpaired) electrons. The van der Waals surface area contributed by atoms with E-state index in [1.807, 2.05) is 13.2 Å². The first-order chi connectivity index (χ1) is 9.82. The molecule has 0 bridgehead atoms. The quantitative estimate of drug-likeness (QED) is 0.931. The maximum absolute atomic E-state index is 12.6. The van der Waals surface area contributed by atoms with Gasteiger partial charge < -0.3 is 4.90 Å². The van der Waals surface area contributed by atoms with Gasteiger partial charge in [-0.2, -0.15) is 30.0 Å².